The van der Waals surface area contributed by atoms with Gasteiger partial charge in [-0.25, -0.2) is 19.7 Å². The molecule has 0 spiro atoms. The number of carboxylic acids is 6. The topological polar surface area (TPSA) is 314 Å². The molecule has 0 saturated carbocycles. The molecular weight excluding hydrogens is 666 g/mol. The molecule has 0 aliphatic rings. The second-order valence-corrected chi connectivity index (χ2v) is 7.34. The van der Waals surface area contributed by atoms with E-state index in [4.69, 9.17) is 33.7 Å². The van der Waals surface area contributed by atoms with E-state index in [2.05, 4.69) is 34.5 Å². The van der Waals surface area contributed by atoms with Crippen LogP contribution in [0.3, 0.4) is 0 Å². The molecule has 0 aromatic rings. The molecule has 43 heavy (non-hydrogen) atoms. The Labute approximate surface area is 260 Å². The molecule has 0 saturated heterocycles. The predicted octanol–water partition coefficient (Wildman–Crippen LogP) is -6.71. The van der Waals surface area contributed by atoms with Crippen molar-refractivity contribution >= 4 is 35.8 Å². The van der Waals surface area contributed by atoms with Gasteiger partial charge in [-0.05, 0) is 19.3 Å². The average Bonchev–Trinajstić information content (AvgIpc) is 2.87. The van der Waals surface area contributed by atoms with Crippen molar-refractivity contribution in [3.05, 3.63) is 54.2 Å². The average molecular weight is 687 g/mol. The quantitative estimate of drug-likeness (QED) is 0.105. The zero-order valence-corrected chi connectivity index (χ0v) is 24.5. The van der Waals surface area contributed by atoms with E-state index in [1.807, 2.05) is 0 Å². The normalized spacial score (nSPS) is 12.1. The van der Waals surface area contributed by atoms with E-state index in [-0.39, 0.29) is 21.1 Å². The summed E-state index contributed by atoms with van der Waals surface area (Å²) in [5.41, 5.74) is 0. The van der Waals surface area contributed by atoms with Gasteiger partial charge in [0.25, 0.3) is 18.1 Å². The van der Waals surface area contributed by atoms with Crippen LogP contribution in [0.4, 0.5) is 0 Å². The third-order valence-corrected chi connectivity index (χ3v) is 4.22. The van der Waals surface area contributed by atoms with E-state index >= 15 is 0 Å². The standard InChI is InChI=1S/3C7H9NO4.3CO.Mo/c3*1-4(3-5(9)10)6(8-2)7(11)12;3*1-2;/h3*4,6H,3H2,1H3,(H,9,10)(H,11,12);;;;/p-6. The van der Waals surface area contributed by atoms with Gasteiger partial charge in [-0.2, -0.15) is 0 Å². The van der Waals surface area contributed by atoms with Gasteiger partial charge in [0.1, 0.15) is 17.9 Å². The van der Waals surface area contributed by atoms with Gasteiger partial charge in [0.05, 0.1) is 0 Å². The van der Waals surface area contributed by atoms with Crippen molar-refractivity contribution in [2.24, 2.45) is 17.8 Å². The minimum absolute atomic E-state index is 0. The molecule has 0 fully saturated rings. The van der Waals surface area contributed by atoms with Gasteiger partial charge in [0.15, 0.2) is 0 Å². The van der Waals surface area contributed by atoms with E-state index in [0.29, 0.717) is 0 Å². The third kappa shape index (κ3) is 33.3. The summed E-state index contributed by atoms with van der Waals surface area (Å²) in [4.78, 5) is 68.9. The molecule has 0 aromatic carbocycles. The summed E-state index contributed by atoms with van der Waals surface area (Å²) >= 11 is 0. The van der Waals surface area contributed by atoms with Crippen LogP contribution in [0.5, 0.6) is 0 Å². The van der Waals surface area contributed by atoms with Gasteiger partial charge in [0.2, 0.25) is 0 Å². The Morgan fingerprint density at radius 3 is 0.698 bits per heavy atom. The van der Waals surface area contributed by atoms with Gasteiger partial charge >= 0.3 is 33.9 Å². The second kappa shape index (κ2) is 35.2. The van der Waals surface area contributed by atoms with Crippen molar-refractivity contribution in [1.29, 1.82) is 0 Å². The van der Waals surface area contributed by atoms with Gasteiger partial charge in [-0.1, -0.05) is 20.8 Å². The molecule has 0 amide bonds. The maximum atomic E-state index is 10.2. The fourth-order valence-electron chi connectivity index (χ4n) is 2.36. The molecule has 0 aromatic heterocycles. The van der Waals surface area contributed by atoms with Crippen LogP contribution in [-0.2, 0) is 63.8 Å². The minimum atomic E-state index is -1.54. The number of aliphatic carboxylic acids is 6. The number of carbonyl (C=O) groups is 6. The maximum absolute atomic E-state index is 10.2. The number of hydrogen-bond acceptors (Lipinski definition) is 12. The summed E-state index contributed by atoms with van der Waals surface area (Å²) in [6, 6.07) is -4.20. The Hall–Kier alpha value is -4.80. The molecule has 0 radical (unpaired) electrons. The van der Waals surface area contributed by atoms with Crippen LogP contribution >= 0.6 is 0 Å². The van der Waals surface area contributed by atoms with E-state index in [1.54, 1.807) is 0 Å². The summed E-state index contributed by atoms with van der Waals surface area (Å²) in [7, 11) is 0. The van der Waals surface area contributed by atoms with Crippen LogP contribution in [0.15, 0.2) is 0 Å². The number of hydrogen-bond donors (Lipinski definition) is 0. The third-order valence-electron chi connectivity index (χ3n) is 4.22. The predicted molar refractivity (Wildman–Crippen MR) is 114 cm³/mol. The minimum Gasteiger partial charge on any atom is 0 e. The van der Waals surface area contributed by atoms with E-state index in [9.17, 15) is 59.4 Å². The summed E-state index contributed by atoms with van der Waals surface area (Å²) in [5, 5.41) is 60.7. The fraction of sp³-hybridized carbons (Fsp3) is 0.500. The molecule has 18 nitrogen and oxygen atoms in total. The Morgan fingerprint density at radius 1 is 0.488 bits per heavy atom. The molecule has 6 atom stereocenters. The molecule has 234 valence electrons. The number of rotatable bonds is 12. The van der Waals surface area contributed by atoms with Crippen molar-refractivity contribution in [2.75, 3.05) is 0 Å². The summed E-state index contributed by atoms with van der Waals surface area (Å²) in [6.45, 7) is 36.9. The van der Waals surface area contributed by atoms with Gasteiger partial charge in [-0.15, -0.1) is 0 Å². The number of carboxylic acid groups (broad SMARTS) is 6. The van der Waals surface area contributed by atoms with Crippen molar-refractivity contribution < 1.29 is 94.4 Å². The van der Waals surface area contributed by atoms with E-state index in [1.165, 1.54) is 20.8 Å². The molecule has 0 aliphatic carbocycles. The van der Waals surface area contributed by atoms with Gasteiger partial charge in [-0.3, -0.25) is 0 Å². The summed E-state index contributed by atoms with van der Waals surface area (Å²) < 4.78 is 22.5. The molecule has 0 heterocycles. The molecule has 0 rings (SSSR count). The molecule has 0 aliphatic heterocycles. The number of carbonyl (C=O) groups excluding carboxylic acids is 6. The molecule has 6 unspecified atom stereocenters. The maximum Gasteiger partial charge on any atom is 0 e. The van der Waals surface area contributed by atoms with Gasteiger partial charge < -0.3 is 73.9 Å². The van der Waals surface area contributed by atoms with Crippen LogP contribution in [-0.4, -0.2) is 53.9 Å². The van der Waals surface area contributed by atoms with Gasteiger partial charge in [0, 0.05) is 56.7 Å². The van der Waals surface area contributed by atoms with Crippen molar-refractivity contribution in [1.82, 2.24) is 0 Å². The van der Waals surface area contributed by atoms with Crippen LogP contribution in [0, 0.1) is 57.4 Å². The van der Waals surface area contributed by atoms with Crippen molar-refractivity contribution in [3.63, 3.8) is 0 Å². The monoisotopic (exact) mass is 689 g/mol. The van der Waals surface area contributed by atoms with Crippen LogP contribution in [0.25, 0.3) is 14.5 Å². The Balaban J connectivity index is -0.0000000819. The SMILES string of the molecule is [C-]#[N+]C(C(=O)[O-])C(C)CC(=O)[O-].[C-]#[N+]C(C(=O)[O-])C(C)CC(=O)[O-].[C-]#[N+]C(C(=O)[O-])C(C)CC(=O)[O-].[C-]#[O+].[C-]#[O+].[C-]#[O+].[Mo]. The second-order valence-electron chi connectivity index (χ2n) is 7.34. The smallest absolute Gasteiger partial charge is 0 e. The first kappa shape index (κ1) is 54.3. The molecular formula is C24H21MoN3O15-6. The Morgan fingerprint density at radius 2 is 0.628 bits per heavy atom. The van der Waals surface area contributed by atoms with Crippen molar-refractivity contribution in [3.8, 4) is 0 Å². The van der Waals surface area contributed by atoms with E-state index < -0.39 is 91.0 Å². The first-order valence-corrected chi connectivity index (χ1v) is 10.4. The zero-order chi connectivity index (χ0) is 35.2. The van der Waals surface area contributed by atoms with Crippen LogP contribution in [0.2, 0.25) is 0 Å². The number of nitrogens with zero attached hydrogens (tertiary/aromatic N) is 3. The first-order chi connectivity index (χ1) is 19.5. The Kier molecular flexibility index (Phi) is 44.5. The molecule has 0 bridgehead atoms. The molecule has 0 N–H and O–H groups in total. The Bertz CT molecular complexity index is 934. The first-order valence-electron chi connectivity index (χ1n) is 10.4. The van der Waals surface area contributed by atoms with E-state index in [0.717, 1.165) is 0 Å². The van der Waals surface area contributed by atoms with Crippen LogP contribution < -0.4 is 30.6 Å². The van der Waals surface area contributed by atoms with Crippen molar-refractivity contribution in [2.45, 2.75) is 58.2 Å². The largest absolute Gasteiger partial charge is 0 e. The zero-order valence-electron chi connectivity index (χ0n) is 22.5. The fourth-order valence-corrected chi connectivity index (χ4v) is 2.36. The van der Waals surface area contributed by atoms with Crippen LogP contribution in [0.1, 0.15) is 40.0 Å². The molecule has 19 heteroatoms. The summed E-state index contributed by atoms with van der Waals surface area (Å²) in [6.07, 6.45) is -1.33. The summed E-state index contributed by atoms with van der Waals surface area (Å²) in [5.74, 6) is -11.1.